The van der Waals surface area contributed by atoms with Crippen molar-refractivity contribution in [1.82, 2.24) is 15.1 Å². The van der Waals surface area contributed by atoms with Crippen molar-refractivity contribution in [3.63, 3.8) is 0 Å². The molecule has 0 unspecified atom stereocenters. The van der Waals surface area contributed by atoms with Gasteiger partial charge in [-0.15, -0.1) is 10.2 Å². The molecule has 0 spiro atoms. The van der Waals surface area contributed by atoms with Crippen LogP contribution in [-0.4, -0.2) is 40.7 Å². The Balaban J connectivity index is 1.43. The van der Waals surface area contributed by atoms with Gasteiger partial charge in [0.1, 0.15) is 10.8 Å². The van der Waals surface area contributed by atoms with Crippen LogP contribution in [0.25, 0.3) is 0 Å². The van der Waals surface area contributed by atoms with Crippen molar-refractivity contribution in [3.05, 3.63) is 63.6 Å². The van der Waals surface area contributed by atoms with E-state index < -0.39 is 0 Å². The summed E-state index contributed by atoms with van der Waals surface area (Å²) in [6.45, 7) is 0.604. The van der Waals surface area contributed by atoms with Crippen LogP contribution in [0.2, 0.25) is 5.02 Å². The Kier molecular flexibility index (Phi) is 6.34. The van der Waals surface area contributed by atoms with Gasteiger partial charge in [0.05, 0.1) is 13.2 Å². The number of anilines is 2. The molecule has 160 valence electrons. The Labute approximate surface area is 188 Å². The third-order valence-electron chi connectivity index (χ3n) is 4.86. The number of likely N-dealkylation sites (tertiary alicyclic amines) is 1. The summed E-state index contributed by atoms with van der Waals surface area (Å²) in [5.74, 6) is 0.313. The zero-order chi connectivity index (χ0) is 21.8. The van der Waals surface area contributed by atoms with Gasteiger partial charge in [-0.05, 0) is 49.2 Å². The minimum Gasteiger partial charge on any atom is -0.497 e. The lowest BCUT2D eigenvalue weighted by molar-refractivity contribution is 0.102. The topological polar surface area (TPSA) is 96.4 Å². The molecule has 4 rings (SSSR count). The zero-order valence-corrected chi connectivity index (χ0v) is 18.2. The van der Waals surface area contributed by atoms with E-state index in [1.54, 1.807) is 48.4 Å². The van der Waals surface area contributed by atoms with Crippen LogP contribution in [0.1, 0.15) is 33.7 Å². The Hall–Kier alpha value is -3.17. The van der Waals surface area contributed by atoms with Gasteiger partial charge in [-0.3, -0.25) is 4.79 Å². The number of amides is 3. The molecule has 2 N–H and O–H groups in total. The molecule has 10 heteroatoms. The molecule has 2 aromatic carbocycles. The van der Waals surface area contributed by atoms with E-state index in [2.05, 4.69) is 20.8 Å². The molecule has 1 atom stereocenters. The Morgan fingerprint density at radius 1 is 1.13 bits per heavy atom. The number of aromatic nitrogens is 2. The van der Waals surface area contributed by atoms with Gasteiger partial charge in [0.2, 0.25) is 5.01 Å². The van der Waals surface area contributed by atoms with Crippen molar-refractivity contribution in [2.24, 2.45) is 0 Å². The number of benzene rings is 2. The van der Waals surface area contributed by atoms with Gasteiger partial charge >= 0.3 is 6.03 Å². The molecule has 1 aliphatic heterocycles. The van der Waals surface area contributed by atoms with E-state index in [4.69, 9.17) is 16.3 Å². The summed E-state index contributed by atoms with van der Waals surface area (Å²) in [5, 5.41) is 15.4. The lowest BCUT2D eigenvalue weighted by Crippen LogP contribution is -2.34. The van der Waals surface area contributed by atoms with Crippen molar-refractivity contribution in [3.8, 4) is 5.75 Å². The van der Waals surface area contributed by atoms with E-state index in [-0.39, 0.29) is 23.0 Å². The normalized spacial score (nSPS) is 15.5. The predicted molar refractivity (Wildman–Crippen MR) is 120 cm³/mol. The average Bonchev–Trinajstić information content (AvgIpc) is 3.45. The molecule has 0 radical (unpaired) electrons. The summed E-state index contributed by atoms with van der Waals surface area (Å²) in [7, 11) is 1.58. The highest BCUT2D eigenvalue weighted by Gasteiger charge is 2.33. The molecule has 1 fully saturated rings. The standard InChI is InChI=1S/C21H20ClN5O3S/c1-30-16-5-2-4-15(12-16)24-21(29)27-11-3-6-17(27)19-25-26-20(31-19)18(28)23-14-9-7-13(22)8-10-14/h2,4-5,7-10,12,17H,3,6,11H2,1H3,(H,23,28)(H,24,29)/t17-/m0/s1. The van der Waals surface area contributed by atoms with Gasteiger partial charge in [-0.25, -0.2) is 4.79 Å². The van der Waals surface area contributed by atoms with Crippen molar-refractivity contribution >= 4 is 46.3 Å². The zero-order valence-electron chi connectivity index (χ0n) is 16.7. The molecule has 3 amide bonds. The fourth-order valence-electron chi connectivity index (χ4n) is 3.34. The highest BCUT2D eigenvalue weighted by Crippen LogP contribution is 2.34. The fraction of sp³-hybridized carbons (Fsp3) is 0.238. The molecule has 1 saturated heterocycles. The van der Waals surface area contributed by atoms with Crippen LogP contribution < -0.4 is 15.4 Å². The lowest BCUT2D eigenvalue weighted by atomic mass is 10.2. The van der Waals surface area contributed by atoms with Crippen LogP contribution >= 0.6 is 22.9 Å². The summed E-state index contributed by atoms with van der Waals surface area (Å²) in [4.78, 5) is 27.1. The van der Waals surface area contributed by atoms with Crippen LogP contribution in [0.15, 0.2) is 48.5 Å². The smallest absolute Gasteiger partial charge is 0.322 e. The van der Waals surface area contributed by atoms with Gasteiger partial charge in [0.15, 0.2) is 0 Å². The number of carbonyl (C=O) groups is 2. The minimum atomic E-state index is -0.351. The number of nitrogens with one attached hydrogen (secondary N) is 2. The summed E-state index contributed by atoms with van der Waals surface area (Å²) in [5.41, 5.74) is 1.27. The maximum Gasteiger partial charge on any atom is 0.322 e. The highest BCUT2D eigenvalue weighted by molar-refractivity contribution is 7.13. The number of hydrogen-bond acceptors (Lipinski definition) is 6. The molecule has 31 heavy (non-hydrogen) atoms. The van der Waals surface area contributed by atoms with Gasteiger partial charge < -0.3 is 20.3 Å². The molecule has 0 saturated carbocycles. The quantitative estimate of drug-likeness (QED) is 0.572. The van der Waals surface area contributed by atoms with Crippen LogP contribution in [-0.2, 0) is 0 Å². The van der Waals surface area contributed by atoms with E-state index >= 15 is 0 Å². The number of ether oxygens (including phenoxy) is 1. The molecular formula is C21H20ClN5O3S. The second-order valence-electron chi connectivity index (χ2n) is 6.92. The SMILES string of the molecule is COc1cccc(NC(=O)N2CCC[C@H]2c2nnc(C(=O)Nc3ccc(Cl)cc3)s2)c1. The van der Waals surface area contributed by atoms with Crippen LogP contribution in [0, 0.1) is 0 Å². The summed E-state index contributed by atoms with van der Waals surface area (Å²) in [6, 6.07) is 13.5. The summed E-state index contributed by atoms with van der Waals surface area (Å²) in [6.07, 6.45) is 1.61. The Bertz CT molecular complexity index is 1090. The molecule has 3 aromatic rings. The number of urea groups is 1. The number of halogens is 1. The van der Waals surface area contributed by atoms with Gasteiger partial charge in [0.25, 0.3) is 5.91 Å². The lowest BCUT2D eigenvalue weighted by Gasteiger charge is -2.23. The van der Waals surface area contributed by atoms with Crippen molar-refractivity contribution < 1.29 is 14.3 Å². The number of carbonyl (C=O) groups excluding carboxylic acids is 2. The van der Waals surface area contributed by atoms with E-state index in [1.807, 2.05) is 12.1 Å². The fourth-order valence-corrected chi connectivity index (χ4v) is 4.35. The van der Waals surface area contributed by atoms with Crippen molar-refractivity contribution in [2.45, 2.75) is 18.9 Å². The van der Waals surface area contributed by atoms with Gasteiger partial charge in [-0.2, -0.15) is 0 Å². The molecule has 8 nitrogen and oxygen atoms in total. The molecule has 2 heterocycles. The van der Waals surface area contributed by atoms with Gasteiger partial charge in [0, 0.05) is 29.0 Å². The number of methoxy groups -OCH3 is 1. The van der Waals surface area contributed by atoms with Crippen LogP contribution in [0.3, 0.4) is 0 Å². The first-order valence-electron chi connectivity index (χ1n) is 9.65. The monoisotopic (exact) mass is 457 g/mol. The maximum atomic E-state index is 12.8. The van der Waals surface area contributed by atoms with Crippen LogP contribution in [0.5, 0.6) is 5.75 Å². The summed E-state index contributed by atoms with van der Waals surface area (Å²) >= 11 is 7.06. The maximum absolute atomic E-state index is 12.8. The third-order valence-corrected chi connectivity index (χ3v) is 6.13. The van der Waals surface area contributed by atoms with Gasteiger partial charge in [-0.1, -0.05) is 29.0 Å². The van der Waals surface area contributed by atoms with Crippen molar-refractivity contribution in [1.29, 1.82) is 0 Å². The second-order valence-corrected chi connectivity index (χ2v) is 8.37. The Morgan fingerprint density at radius 3 is 2.71 bits per heavy atom. The van der Waals surface area contributed by atoms with E-state index in [0.717, 1.165) is 12.8 Å². The average molecular weight is 458 g/mol. The third kappa shape index (κ3) is 4.95. The first kappa shape index (κ1) is 21.1. The number of nitrogens with zero attached hydrogens (tertiary/aromatic N) is 3. The summed E-state index contributed by atoms with van der Waals surface area (Å²) < 4.78 is 5.20. The molecular weight excluding hydrogens is 438 g/mol. The Morgan fingerprint density at radius 2 is 1.94 bits per heavy atom. The predicted octanol–water partition coefficient (Wildman–Crippen LogP) is 4.82. The molecule has 1 aliphatic rings. The first-order valence-corrected chi connectivity index (χ1v) is 10.8. The van der Waals surface area contributed by atoms with E-state index in [9.17, 15) is 9.59 Å². The molecule has 1 aromatic heterocycles. The molecule has 0 bridgehead atoms. The van der Waals surface area contributed by atoms with Crippen LogP contribution in [0.4, 0.5) is 16.2 Å². The highest BCUT2D eigenvalue weighted by atomic mass is 35.5. The van der Waals surface area contributed by atoms with E-state index in [1.165, 1.54) is 11.3 Å². The number of hydrogen-bond donors (Lipinski definition) is 2. The first-order chi connectivity index (χ1) is 15.0. The van der Waals surface area contributed by atoms with Crippen molar-refractivity contribution in [2.75, 3.05) is 24.3 Å². The molecule has 0 aliphatic carbocycles. The second kappa shape index (κ2) is 9.32. The largest absolute Gasteiger partial charge is 0.497 e. The minimum absolute atomic E-state index is 0.222. The number of rotatable bonds is 5. The van der Waals surface area contributed by atoms with E-state index in [0.29, 0.717) is 33.7 Å².